The molecule has 6 heteroatoms. The molecule has 0 heterocycles. The van der Waals surface area contributed by atoms with Gasteiger partial charge < -0.3 is 4.90 Å². The van der Waals surface area contributed by atoms with Gasteiger partial charge in [0, 0.05) is 23.7 Å². The van der Waals surface area contributed by atoms with E-state index in [1.54, 1.807) is 4.90 Å². The summed E-state index contributed by atoms with van der Waals surface area (Å²) in [4.78, 5) is 24.9. The van der Waals surface area contributed by atoms with Gasteiger partial charge in [-0.2, -0.15) is 0 Å². The van der Waals surface area contributed by atoms with Gasteiger partial charge in [-0.1, -0.05) is 25.4 Å². The second-order valence-electron chi connectivity index (χ2n) is 5.50. The molecule has 1 aliphatic rings. The van der Waals surface area contributed by atoms with Crippen LogP contribution in [0.25, 0.3) is 0 Å². The van der Waals surface area contributed by atoms with Crippen molar-refractivity contribution < 1.29 is 9.72 Å². The lowest BCUT2D eigenvalue weighted by atomic mass is 10.1. The lowest BCUT2D eigenvalue weighted by Gasteiger charge is -2.24. The van der Waals surface area contributed by atoms with Crippen molar-refractivity contribution in [1.29, 1.82) is 0 Å². The lowest BCUT2D eigenvalue weighted by Crippen LogP contribution is -2.36. The van der Waals surface area contributed by atoms with Crippen LogP contribution in [0.1, 0.15) is 37.0 Å². The molecule has 0 aliphatic heterocycles. The van der Waals surface area contributed by atoms with E-state index < -0.39 is 4.92 Å². The summed E-state index contributed by atoms with van der Waals surface area (Å²) in [5, 5.41) is 11.4. The first-order chi connectivity index (χ1) is 9.40. The fraction of sp³-hybridized carbons (Fsp3) is 0.500. The van der Waals surface area contributed by atoms with E-state index in [0.717, 1.165) is 12.8 Å². The molecule has 1 aromatic rings. The van der Waals surface area contributed by atoms with Gasteiger partial charge >= 0.3 is 0 Å². The zero-order chi connectivity index (χ0) is 14.9. The van der Waals surface area contributed by atoms with Gasteiger partial charge in [0.05, 0.1) is 4.92 Å². The van der Waals surface area contributed by atoms with Crippen molar-refractivity contribution in [3.05, 3.63) is 38.9 Å². The second-order valence-corrected chi connectivity index (χ2v) is 5.94. The van der Waals surface area contributed by atoms with E-state index in [1.165, 1.54) is 18.2 Å². The van der Waals surface area contributed by atoms with Gasteiger partial charge in [0.15, 0.2) is 0 Å². The second kappa shape index (κ2) is 5.79. The first-order valence-corrected chi connectivity index (χ1v) is 7.03. The maximum absolute atomic E-state index is 12.6. The zero-order valence-electron chi connectivity index (χ0n) is 11.5. The van der Waals surface area contributed by atoms with Crippen molar-refractivity contribution in [2.24, 2.45) is 5.92 Å². The van der Waals surface area contributed by atoms with Crippen LogP contribution in [0.3, 0.4) is 0 Å². The fourth-order valence-electron chi connectivity index (χ4n) is 2.17. The van der Waals surface area contributed by atoms with Crippen molar-refractivity contribution >= 4 is 23.2 Å². The summed E-state index contributed by atoms with van der Waals surface area (Å²) in [6, 6.07) is 4.32. The molecule has 1 aromatic carbocycles. The average molecular weight is 297 g/mol. The van der Waals surface area contributed by atoms with Crippen LogP contribution in [0.15, 0.2) is 18.2 Å². The van der Waals surface area contributed by atoms with E-state index in [4.69, 9.17) is 11.6 Å². The molecule has 0 aromatic heterocycles. The van der Waals surface area contributed by atoms with Gasteiger partial charge in [-0.05, 0) is 30.9 Å². The van der Waals surface area contributed by atoms with Crippen molar-refractivity contribution in [3.8, 4) is 0 Å². The van der Waals surface area contributed by atoms with Crippen molar-refractivity contribution in [1.82, 2.24) is 4.90 Å². The Morgan fingerprint density at radius 2 is 2.15 bits per heavy atom. The Balaban J connectivity index is 2.35. The summed E-state index contributed by atoms with van der Waals surface area (Å²) in [7, 11) is 0. The quantitative estimate of drug-likeness (QED) is 0.617. The number of nitro benzene ring substituents is 1. The predicted octanol–water partition coefficient (Wildman–Crippen LogP) is 3.51. The van der Waals surface area contributed by atoms with E-state index >= 15 is 0 Å². The minimum absolute atomic E-state index is 0.0788. The van der Waals surface area contributed by atoms with E-state index in [2.05, 4.69) is 0 Å². The highest BCUT2D eigenvalue weighted by atomic mass is 35.5. The molecule has 0 atom stereocenters. The number of hydrogen-bond acceptors (Lipinski definition) is 3. The number of amides is 1. The first-order valence-electron chi connectivity index (χ1n) is 6.65. The van der Waals surface area contributed by atoms with Crippen molar-refractivity contribution in [2.75, 3.05) is 6.54 Å². The third-order valence-electron chi connectivity index (χ3n) is 3.20. The van der Waals surface area contributed by atoms with E-state index in [1.807, 2.05) is 13.8 Å². The van der Waals surface area contributed by atoms with Gasteiger partial charge in [0.2, 0.25) is 0 Å². The molecule has 1 saturated carbocycles. The highest BCUT2D eigenvalue weighted by Crippen LogP contribution is 2.31. The highest BCUT2D eigenvalue weighted by molar-refractivity contribution is 6.31. The zero-order valence-corrected chi connectivity index (χ0v) is 12.3. The summed E-state index contributed by atoms with van der Waals surface area (Å²) >= 11 is 5.88. The third kappa shape index (κ3) is 3.28. The lowest BCUT2D eigenvalue weighted by molar-refractivity contribution is -0.385. The van der Waals surface area contributed by atoms with Crippen LogP contribution in [-0.4, -0.2) is 28.3 Å². The molecule has 0 bridgehead atoms. The highest BCUT2D eigenvalue weighted by Gasteiger charge is 2.35. The standard InChI is InChI=1S/C14H17ClN2O3/c1-9(2)8-16(11-4-5-11)14(18)12-7-10(15)3-6-13(12)17(19)20/h3,6-7,9,11H,4-5,8H2,1-2H3. The molecule has 0 N–H and O–H groups in total. The summed E-state index contributed by atoms with van der Waals surface area (Å²) in [5.74, 6) is 0.0215. The Morgan fingerprint density at radius 1 is 1.50 bits per heavy atom. The Kier molecular flexibility index (Phi) is 4.28. The molecule has 0 saturated heterocycles. The van der Waals surface area contributed by atoms with Crippen LogP contribution in [0.2, 0.25) is 5.02 Å². The number of hydrogen-bond donors (Lipinski definition) is 0. The monoisotopic (exact) mass is 296 g/mol. The van der Waals surface area contributed by atoms with Gasteiger partial charge in [-0.15, -0.1) is 0 Å². The van der Waals surface area contributed by atoms with E-state index in [-0.39, 0.29) is 23.2 Å². The Morgan fingerprint density at radius 3 is 2.65 bits per heavy atom. The van der Waals surface area contributed by atoms with Crippen LogP contribution < -0.4 is 0 Å². The molecule has 108 valence electrons. The van der Waals surface area contributed by atoms with Crippen LogP contribution >= 0.6 is 11.6 Å². The molecule has 1 fully saturated rings. The maximum Gasteiger partial charge on any atom is 0.282 e. The Labute approximate surface area is 122 Å². The SMILES string of the molecule is CC(C)CN(C(=O)c1cc(Cl)ccc1[N+](=O)[O-])C1CC1. The van der Waals surface area contributed by atoms with E-state index in [0.29, 0.717) is 17.5 Å². The van der Waals surface area contributed by atoms with Gasteiger partial charge in [0.1, 0.15) is 5.56 Å². The molecule has 5 nitrogen and oxygen atoms in total. The predicted molar refractivity (Wildman–Crippen MR) is 77.0 cm³/mol. The number of carbonyl (C=O) groups is 1. The number of carbonyl (C=O) groups excluding carboxylic acids is 1. The van der Waals surface area contributed by atoms with Crippen molar-refractivity contribution in [3.63, 3.8) is 0 Å². The normalized spacial score (nSPS) is 14.4. The maximum atomic E-state index is 12.6. The number of nitrogens with zero attached hydrogens (tertiary/aromatic N) is 2. The smallest absolute Gasteiger partial charge is 0.282 e. The van der Waals surface area contributed by atoms with E-state index in [9.17, 15) is 14.9 Å². The molecule has 0 unspecified atom stereocenters. The molecule has 2 rings (SSSR count). The van der Waals surface area contributed by atoms with Crippen LogP contribution in [-0.2, 0) is 0 Å². The molecular weight excluding hydrogens is 280 g/mol. The van der Waals surface area contributed by atoms with Crippen LogP contribution in [0.4, 0.5) is 5.69 Å². The summed E-state index contributed by atoms with van der Waals surface area (Å²) in [6.45, 7) is 4.65. The summed E-state index contributed by atoms with van der Waals surface area (Å²) in [5.41, 5.74) is -0.108. The van der Waals surface area contributed by atoms with Crippen LogP contribution in [0.5, 0.6) is 0 Å². The number of halogens is 1. The van der Waals surface area contributed by atoms with Gasteiger partial charge in [-0.25, -0.2) is 0 Å². The number of rotatable bonds is 5. The minimum atomic E-state index is -0.538. The Bertz CT molecular complexity index is 541. The van der Waals surface area contributed by atoms with Gasteiger partial charge in [0.25, 0.3) is 11.6 Å². The van der Waals surface area contributed by atoms with Gasteiger partial charge in [-0.3, -0.25) is 14.9 Å². The largest absolute Gasteiger partial charge is 0.335 e. The molecular formula is C14H17ClN2O3. The average Bonchev–Trinajstić information content (AvgIpc) is 3.18. The number of nitro groups is 1. The fourth-order valence-corrected chi connectivity index (χ4v) is 2.34. The molecule has 1 amide bonds. The molecule has 0 spiro atoms. The topological polar surface area (TPSA) is 63.5 Å². The molecule has 0 radical (unpaired) electrons. The minimum Gasteiger partial charge on any atom is -0.335 e. The molecule has 1 aliphatic carbocycles. The van der Waals surface area contributed by atoms with Crippen molar-refractivity contribution in [2.45, 2.75) is 32.7 Å². The van der Waals surface area contributed by atoms with Crippen LogP contribution in [0, 0.1) is 16.0 Å². The summed E-state index contributed by atoms with van der Waals surface area (Å²) in [6.07, 6.45) is 1.93. The molecule has 20 heavy (non-hydrogen) atoms. The number of benzene rings is 1. The first kappa shape index (κ1) is 14.8. The summed E-state index contributed by atoms with van der Waals surface area (Å²) < 4.78 is 0. The Hall–Kier alpha value is -1.62. The third-order valence-corrected chi connectivity index (χ3v) is 3.43.